The second-order valence-electron chi connectivity index (χ2n) is 6.97. The number of rotatable bonds is 6. The molecular formula is C20H26BrN5O3S. The van der Waals surface area contributed by atoms with Crippen LogP contribution in [0.15, 0.2) is 57.9 Å². The normalized spacial score (nSPS) is 11.3. The Bertz CT molecular complexity index is 1050. The zero-order chi connectivity index (χ0) is 22.3. The molecule has 0 amide bonds. The Kier molecular flexibility index (Phi) is 8.51. The first-order chi connectivity index (χ1) is 14.1. The molecule has 0 bridgehead atoms. The Balaban J connectivity index is 0.000000222. The maximum absolute atomic E-state index is 11.5. The van der Waals surface area contributed by atoms with Crippen molar-refractivity contribution in [2.45, 2.75) is 44.7 Å². The second kappa shape index (κ2) is 10.6. The van der Waals surface area contributed by atoms with Crippen LogP contribution in [0.2, 0.25) is 0 Å². The maximum Gasteiger partial charge on any atom is 0.240 e. The summed E-state index contributed by atoms with van der Waals surface area (Å²) < 4.78 is 31.6. The Labute approximate surface area is 185 Å². The van der Waals surface area contributed by atoms with Crippen molar-refractivity contribution < 1.29 is 13.2 Å². The lowest BCUT2D eigenvalue weighted by Crippen LogP contribution is -2.30. The predicted octanol–water partition coefficient (Wildman–Crippen LogP) is 4.07. The van der Waals surface area contributed by atoms with E-state index in [1.807, 2.05) is 32.0 Å². The van der Waals surface area contributed by atoms with Crippen LogP contribution in [0, 0.1) is 0 Å². The van der Waals surface area contributed by atoms with Gasteiger partial charge in [-0.05, 0) is 79.2 Å². The number of nitrogens with one attached hydrogen (secondary N) is 1. The Morgan fingerprint density at radius 2 is 1.73 bits per heavy atom. The first-order valence-electron chi connectivity index (χ1n) is 9.35. The fourth-order valence-electron chi connectivity index (χ4n) is 2.34. The van der Waals surface area contributed by atoms with Gasteiger partial charge >= 0.3 is 0 Å². The molecule has 2 aromatic carbocycles. The van der Waals surface area contributed by atoms with Gasteiger partial charge < -0.3 is 4.74 Å². The van der Waals surface area contributed by atoms with Crippen LogP contribution in [0.5, 0.6) is 5.75 Å². The number of tetrazole rings is 1. The first-order valence-corrected chi connectivity index (χ1v) is 11.6. The largest absolute Gasteiger partial charge is 0.496 e. The minimum absolute atomic E-state index is 0.0785. The van der Waals surface area contributed by atoms with Crippen LogP contribution in [0.4, 0.5) is 0 Å². The summed E-state index contributed by atoms with van der Waals surface area (Å²) in [5.41, 5.74) is 0.907. The summed E-state index contributed by atoms with van der Waals surface area (Å²) in [6, 6.07) is 14.2. The molecule has 0 radical (unpaired) electrons. The van der Waals surface area contributed by atoms with E-state index >= 15 is 0 Å². The maximum atomic E-state index is 11.5. The lowest BCUT2D eigenvalue weighted by Gasteiger charge is -2.08. The third kappa shape index (κ3) is 6.61. The molecular weight excluding hydrogens is 470 g/mol. The highest BCUT2D eigenvalue weighted by atomic mass is 79.9. The molecule has 1 heterocycles. The molecule has 0 saturated carbocycles. The SMILES string of the molecule is CC(C)NS(=O)(=O)c1ccccc1.COc1ccc(-c2nnn(C(C)C)n2)cc1Br. The van der Waals surface area contributed by atoms with E-state index in [1.165, 1.54) is 0 Å². The molecule has 0 saturated heterocycles. The predicted molar refractivity (Wildman–Crippen MR) is 120 cm³/mol. The van der Waals surface area contributed by atoms with E-state index in [9.17, 15) is 8.42 Å². The van der Waals surface area contributed by atoms with E-state index in [0.717, 1.165) is 15.8 Å². The number of ether oxygens (including phenoxy) is 1. The molecule has 1 N–H and O–H groups in total. The van der Waals surface area contributed by atoms with E-state index < -0.39 is 10.0 Å². The van der Waals surface area contributed by atoms with Crippen molar-refractivity contribution in [2.75, 3.05) is 7.11 Å². The van der Waals surface area contributed by atoms with Gasteiger partial charge in [0.2, 0.25) is 15.8 Å². The summed E-state index contributed by atoms with van der Waals surface area (Å²) in [5, 5.41) is 12.3. The molecule has 8 nitrogen and oxygen atoms in total. The van der Waals surface area contributed by atoms with Gasteiger partial charge in [-0.15, -0.1) is 10.2 Å². The fraction of sp³-hybridized carbons (Fsp3) is 0.350. The van der Waals surface area contributed by atoms with Gasteiger partial charge in [-0.1, -0.05) is 18.2 Å². The molecule has 10 heteroatoms. The van der Waals surface area contributed by atoms with Crippen LogP contribution in [-0.2, 0) is 10.0 Å². The number of hydrogen-bond acceptors (Lipinski definition) is 6. The van der Waals surface area contributed by atoms with Crippen LogP contribution >= 0.6 is 15.9 Å². The van der Waals surface area contributed by atoms with Crippen LogP contribution in [-0.4, -0.2) is 41.8 Å². The van der Waals surface area contributed by atoms with Gasteiger partial charge in [-0.3, -0.25) is 0 Å². The molecule has 0 spiro atoms. The minimum Gasteiger partial charge on any atom is -0.496 e. The zero-order valence-electron chi connectivity index (χ0n) is 17.6. The smallest absolute Gasteiger partial charge is 0.240 e. The average Bonchev–Trinajstić information content (AvgIpc) is 3.19. The van der Waals surface area contributed by atoms with Crippen molar-refractivity contribution in [3.05, 3.63) is 53.0 Å². The van der Waals surface area contributed by atoms with E-state index in [2.05, 4.69) is 36.1 Å². The molecule has 0 unspecified atom stereocenters. The standard InChI is InChI=1S/C11H13BrN4O.C9H13NO2S/c1-7(2)16-14-11(13-15-16)8-4-5-10(17-3)9(12)6-8;1-8(2)10-13(11,12)9-6-4-3-5-7-9/h4-7H,1-3H3;3-8,10H,1-2H3. The molecule has 0 aliphatic rings. The molecule has 1 aromatic heterocycles. The van der Waals surface area contributed by atoms with E-state index in [4.69, 9.17) is 4.74 Å². The van der Waals surface area contributed by atoms with Gasteiger partial charge in [-0.25, -0.2) is 13.1 Å². The number of nitrogens with zero attached hydrogens (tertiary/aromatic N) is 4. The van der Waals surface area contributed by atoms with Crippen LogP contribution in [0.25, 0.3) is 11.4 Å². The van der Waals surface area contributed by atoms with Crippen molar-refractivity contribution in [2.24, 2.45) is 0 Å². The minimum atomic E-state index is -3.31. The summed E-state index contributed by atoms with van der Waals surface area (Å²) in [4.78, 5) is 1.90. The quantitative estimate of drug-likeness (QED) is 0.553. The molecule has 162 valence electrons. The van der Waals surface area contributed by atoms with Crippen molar-refractivity contribution in [3.63, 3.8) is 0 Å². The summed E-state index contributed by atoms with van der Waals surface area (Å²) in [6.45, 7) is 7.60. The summed E-state index contributed by atoms with van der Waals surface area (Å²) in [7, 11) is -1.68. The lowest BCUT2D eigenvalue weighted by atomic mass is 10.2. The first kappa shape index (κ1) is 24.0. The van der Waals surface area contributed by atoms with Crippen LogP contribution in [0.1, 0.15) is 33.7 Å². The molecule has 0 aliphatic carbocycles. The Hall–Kier alpha value is -2.30. The van der Waals surface area contributed by atoms with Crippen molar-refractivity contribution in [3.8, 4) is 17.1 Å². The summed E-state index contributed by atoms with van der Waals surface area (Å²) in [5.74, 6) is 1.40. The van der Waals surface area contributed by atoms with Crippen molar-refractivity contribution in [1.82, 2.24) is 24.9 Å². The lowest BCUT2D eigenvalue weighted by molar-refractivity contribution is 0.412. The highest BCUT2D eigenvalue weighted by Gasteiger charge is 2.13. The molecule has 0 fully saturated rings. The van der Waals surface area contributed by atoms with Crippen LogP contribution < -0.4 is 9.46 Å². The number of aromatic nitrogens is 4. The zero-order valence-corrected chi connectivity index (χ0v) is 20.0. The molecule has 0 atom stereocenters. The average molecular weight is 496 g/mol. The van der Waals surface area contributed by atoms with E-state index in [1.54, 1.807) is 56.1 Å². The third-order valence-corrected chi connectivity index (χ3v) is 6.04. The number of methoxy groups -OCH3 is 1. The van der Waals surface area contributed by atoms with Gasteiger partial charge in [0.05, 0.1) is 22.5 Å². The van der Waals surface area contributed by atoms with Gasteiger partial charge in [0.1, 0.15) is 5.75 Å². The second-order valence-corrected chi connectivity index (χ2v) is 9.53. The highest BCUT2D eigenvalue weighted by Crippen LogP contribution is 2.28. The fourth-order valence-corrected chi connectivity index (χ4v) is 4.16. The Morgan fingerprint density at radius 1 is 1.07 bits per heavy atom. The van der Waals surface area contributed by atoms with Gasteiger partial charge in [0, 0.05) is 11.6 Å². The van der Waals surface area contributed by atoms with Crippen molar-refractivity contribution in [1.29, 1.82) is 0 Å². The van der Waals surface area contributed by atoms with Crippen molar-refractivity contribution >= 4 is 26.0 Å². The summed E-state index contributed by atoms with van der Waals surface area (Å²) >= 11 is 3.43. The molecule has 30 heavy (non-hydrogen) atoms. The molecule has 3 aromatic rings. The molecule has 3 rings (SSSR count). The Morgan fingerprint density at radius 3 is 2.23 bits per heavy atom. The topological polar surface area (TPSA) is 99.0 Å². The van der Waals surface area contributed by atoms with E-state index in [-0.39, 0.29) is 12.1 Å². The third-order valence-electron chi connectivity index (χ3n) is 3.74. The van der Waals surface area contributed by atoms with Gasteiger partial charge in [0.25, 0.3) is 0 Å². The van der Waals surface area contributed by atoms with Crippen LogP contribution in [0.3, 0.4) is 0 Å². The monoisotopic (exact) mass is 495 g/mol. The molecule has 0 aliphatic heterocycles. The summed E-state index contributed by atoms with van der Waals surface area (Å²) in [6.07, 6.45) is 0. The van der Waals surface area contributed by atoms with Gasteiger partial charge in [0.15, 0.2) is 0 Å². The highest BCUT2D eigenvalue weighted by molar-refractivity contribution is 9.10. The number of halogens is 1. The van der Waals surface area contributed by atoms with E-state index in [0.29, 0.717) is 10.7 Å². The number of benzene rings is 2. The number of hydrogen-bond donors (Lipinski definition) is 1. The van der Waals surface area contributed by atoms with Gasteiger partial charge in [-0.2, -0.15) is 4.80 Å². The number of sulfonamides is 1.